The van der Waals surface area contributed by atoms with Gasteiger partial charge in [-0.25, -0.2) is 18.3 Å². The molecule has 0 aliphatic heterocycles. The zero-order chi connectivity index (χ0) is 22.5. The largest absolute Gasteiger partial charge is 0.478 e. The number of carbonyl (C=O) groups is 2. The molecule has 10 heteroatoms. The molecule has 0 bridgehead atoms. The van der Waals surface area contributed by atoms with Crippen molar-refractivity contribution in [3.63, 3.8) is 0 Å². The van der Waals surface area contributed by atoms with E-state index in [4.69, 9.17) is 0 Å². The summed E-state index contributed by atoms with van der Waals surface area (Å²) in [4.78, 5) is 27.1. The van der Waals surface area contributed by atoms with E-state index in [9.17, 15) is 23.5 Å². The van der Waals surface area contributed by atoms with Crippen molar-refractivity contribution in [1.29, 1.82) is 0 Å². The maximum Gasteiger partial charge on any atom is 0.335 e. The number of rotatable bonds is 8. The number of amides is 1. The summed E-state index contributed by atoms with van der Waals surface area (Å²) in [5.41, 5.74) is 2.71. The van der Waals surface area contributed by atoms with Gasteiger partial charge in [-0.1, -0.05) is 47.7 Å². The molecule has 162 valence electrons. The Morgan fingerprint density at radius 3 is 2.35 bits per heavy atom. The lowest BCUT2D eigenvalue weighted by molar-refractivity contribution is -0.114. The Hall–Kier alpha value is -3.08. The quantitative estimate of drug-likeness (QED) is 0.435. The minimum Gasteiger partial charge on any atom is -0.478 e. The molecule has 8 nitrogen and oxygen atoms in total. The molecule has 0 saturated carbocycles. The van der Waals surface area contributed by atoms with Crippen molar-refractivity contribution in [2.45, 2.75) is 26.7 Å². The molecule has 31 heavy (non-hydrogen) atoms. The third-order valence-electron chi connectivity index (χ3n) is 4.52. The highest BCUT2D eigenvalue weighted by Gasteiger charge is 2.24. The number of carbonyl (C=O) groups excluding carboxylic acids is 1. The van der Waals surface area contributed by atoms with E-state index in [0.717, 1.165) is 16.9 Å². The van der Waals surface area contributed by atoms with Crippen molar-refractivity contribution in [3.8, 4) is 0 Å². The van der Waals surface area contributed by atoms with Crippen molar-refractivity contribution in [2.75, 3.05) is 9.62 Å². The van der Waals surface area contributed by atoms with Gasteiger partial charge in [-0.2, -0.15) is 0 Å². The lowest BCUT2D eigenvalue weighted by atomic mass is 9.99. The zero-order valence-corrected chi connectivity index (χ0v) is 18.5. The van der Waals surface area contributed by atoms with Gasteiger partial charge in [0.15, 0.2) is 5.13 Å². The van der Waals surface area contributed by atoms with Crippen molar-refractivity contribution < 1.29 is 23.5 Å². The van der Waals surface area contributed by atoms with Gasteiger partial charge in [-0.15, -0.1) is 0 Å². The number of para-hydroxylation sites is 1. The number of hydrogen-bond acceptors (Lipinski definition) is 5. The fraction of sp³-hybridized carbons (Fsp3) is 0.190. The topological polar surface area (TPSA) is 120 Å². The molecule has 3 aromatic rings. The SMILES string of the molecule is CC(=O)Nc1nc(C)c(N(c2ccccc2CCc2ccccc2C(=O)O)S(=O)O)s1. The van der Waals surface area contributed by atoms with Crippen LogP contribution in [0.5, 0.6) is 0 Å². The average Bonchev–Trinajstić information content (AvgIpc) is 3.06. The van der Waals surface area contributed by atoms with Crippen LogP contribution in [0.3, 0.4) is 0 Å². The van der Waals surface area contributed by atoms with Gasteiger partial charge in [0, 0.05) is 6.92 Å². The fourth-order valence-electron chi connectivity index (χ4n) is 3.18. The zero-order valence-electron chi connectivity index (χ0n) is 16.9. The van der Waals surface area contributed by atoms with Gasteiger partial charge >= 0.3 is 5.97 Å². The minimum atomic E-state index is -2.39. The molecular formula is C21H21N3O5S2. The molecule has 0 radical (unpaired) electrons. The van der Waals surface area contributed by atoms with Crippen LogP contribution in [0.4, 0.5) is 15.8 Å². The number of hydrogen-bond donors (Lipinski definition) is 3. The first kappa shape index (κ1) is 22.6. The van der Waals surface area contributed by atoms with Crippen LogP contribution in [0, 0.1) is 6.92 Å². The molecule has 1 heterocycles. The Labute approximate surface area is 186 Å². The molecule has 0 aliphatic carbocycles. The Bertz CT molecular complexity index is 1150. The maximum atomic E-state index is 12.3. The van der Waals surface area contributed by atoms with Crippen molar-refractivity contribution in [2.24, 2.45) is 0 Å². The number of nitrogens with zero attached hydrogens (tertiary/aromatic N) is 2. The number of carboxylic acids is 1. The second-order valence-electron chi connectivity index (χ2n) is 6.71. The van der Waals surface area contributed by atoms with Gasteiger partial charge in [0.2, 0.25) is 5.91 Å². The van der Waals surface area contributed by atoms with Gasteiger partial charge in [0.1, 0.15) is 5.00 Å². The smallest absolute Gasteiger partial charge is 0.335 e. The fourth-order valence-corrected chi connectivity index (χ4v) is 5.04. The van der Waals surface area contributed by atoms with Crippen LogP contribution >= 0.6 is 11.3 Å². The van der Waals surface area contributed by atoms with E-state index in [1.54, 1.807) is 43.3 Å². The van der Waals surface area contributed by atoms with E-state index in [0.29, 0.717) is 39.9 Å². The van der Waals surface area contributed by atoms with E-state index in [1.165, 1.54) is 11.2 Å². The van der Waals surface area contributed by atoms with Crippen LogP contribution in [0.2, 0.25) is 0 Å². The minimum absolute atomic E-state index is 0.237. The first-order valence-electron chi connectivity index (χ1n) is 9.33. The highest BCUT2D eigenvalue weighted by molar-refractivity contribution is 7.81. The van der Waals surface area contributed by atoms with Crippen LogP contribution in [-0.4, -0.2) is 30.7 Å². The van der Waals surface area contributed by atoms with Gasteiger partial charge < -0.3 is 10.4 Å². The molecule has 1 amide bonds. The molecule has 3 rings (SSSR count). The van der Waals surface area contributed by atoms with Crippen LogP contribution in [0.15, 0.2) is 48.5 Å². The normalized spacial score (nSPS) is 11.7. The van der Waals surface area contributed by atoms with Crippen LogP contribution < -0.4 is 9.62 Å². The number of aryl methyl sites for hydroxylation is 3. The van der Waals surface area contributed by atoms with Crippen LogP contribution in [-0.2, 0) is 28.9 Å². The number of nitrogens with one attached hydrogen (secondary N) is 1. The molecule has 0 saturated heterocycles. The van der Waals surface area contributed by atoms with E-state index in [-0.39, 0.29) is 11.5 Å². The van der Waals surface area contributed by atoms with Crippen LogP contribution in [0.1, 0.15) is 34.1 Å². The summed E-state index contributed by atoms with van der Waals surface area (Å²) in [5, 5.41) is 12.8. The first-order chi connectivity index (χ1) is 14.8. The number of aromatic carboxylic acids is 1. The van der Waals surface area contributed by atoms with E-state index in [1.807, 2.05) is 12.1 Å². The summed E-state index contributed by atoms with van der Waals surface area (Å²) < 4.78 is 23.6. The molecule has 2 aromatic carbocycles. The van der Waals surface area contributed by atoms with E-state index < -0.39 is 17.2 Å². The highest BCUT2D eigenvalue weighted by Crippen LogP contribution is 2.38. The molecule has 1 unspecified atom stereocenters. The summed E-state index contributed by atoms with van der Waals surface area (Å²) in [6.45, 7) is 3.06. The number of thiazole rings is 1. The predicted molar refractivity (Wildman–Crippen MR) is 121 cm³/mol. The average molecular weight is 460 g/mol. The number of anilines is 3. The molecule has 1 aromatic heterocycles. The third kappa shape index (κ3) is 5.35. The Kier molecular flexibility index (Phi) is 7.16. The van der Waals surface area contributed by atoms with Gasteiger partial charge in [-0.3, -0.25) is 9.35 Å². The summed E-state index contributed by atoms with van der Waals surface area (Å²) in [6, 6.07) is 13.9. The van der Waals surface area contributed by atoms with Gasteiger partial charge in [0.05, 0.1) is 16.9 Å². The molecule has 0 aliphatic rings. The molecule has 0 spiro atoms. The van der Waals surface area contributed by atoms with Gasteiger partial charge in [0.25, 0.3) is 11.3 Å². The highest BCUT2D eigenvalue weighted by atomic mass is 32.2. The Balaban J connectivity index is 1.95. The van der Waals surface area contributed by atoms with E-state index >= 15 is 0 Å². The standard InChI is InChI=1S/C21H21N3O5S2/c1-13-19(30-21(22-13)23-14(2)25)24(31(28)29)18-10-6-4-8-16(18)12-11-15-7-3-5-9-17(15)20(26)27/h3-10H,11-12H2,1-2H3,(H,26,27)(H,28,29)(H,22,23,25). The molecule has 0 fully saturated rings. The summed E-state index contributed by atoms with van der Waals surface area (Å²) >= 11 is -1.29. The summed E-state index contributed by atoms with van der Waals surface area (Å²) in [7, 11) is 0. The second-order valence-corrected chi connectivity index (χ2v) is 8.51. The molecule has 1 atom stereocenters. The Morgan fingerprint density at radius 1 is 1.10 bits per heavy atom. The second kappa shape index (κ2) is 9.82. The van der Waals surface area contributed by atoms with Crippen molar-refractivity contribution >= 4 is 50.3 Å². The number of aromatic nitrogens is 1. The lowest BCUT2D eigenvalue weighted by Crippen LogP contribution is -2.20. The number of carboxylic acid groups (broad SMARTS) is 1. The maximum absolute atomic E-state index is 12.3. The van der Waals surface area contributed by atoms with Crippen molar-refractivity contribution in [3.05, 3.63) is 70.9 Å². The first-order valence-corrected chi connectivity index (χ1v) is 11.2. The van der Waals surface area contributed by atoms with Crippen LogP contribution in [0.25, 0.3) is 0 Å². The molecular weight excluding hydrogens is 438 g/mol. The Morgan fingerprint density at radius 2 is 1.71 bits per heavy atom. The number of benzene rings is 2. The summed E-state index contributed by atoms with van der Waals surface area (Å²) in [6.07, 6.45) is 0.911. The van der Waals surface area contributed by atoms with Gasteiger partial charge in [-0.05, 0) is 43.0 Å². The van der Waals surface area contributed by atoms with E-state index in [2.05, 4.69) is 10.3 Å². The monoisotopic (exact) mass is 459 g/mol. The molecule has 3 N–H and O–H groups in total. The lowest BCUT2D eigenvalue weighted by Gasteiger charge is -2.22. The predicted octanol–water partition coefficient (Wildman–Crippen LogP) is 4.17. The summed E-state index contributed by atoms with van der Waals surface area (Å²) in [5.74, 6) is -1.28. The van der Waals surface area contributed by atoms with Crippen molar-refractivity contribution in [1.82, 2.24) is 4.98 Å². The third-order valence-corrected chi connectivity index (χ3v) is 6.38.